The second kappa shape index (κ2) is 9.88. The van der Waals surface area contributed by atoms with Gasteiger partial charge in [-0.2, -0.15) is 4.31 Å². The first-order valence-electron chi connectivity index (χ1n) is 9.93. The fourth-order valence-corrected chi connectivity index (χ4v) is 6.40. The minimum atomic E-state index is -3.49. The lowest BCUT2D eigenvalue weighted by Crippen LogP contribution is -2.50. The van der Waals surface area contributed by atoms with Gasteiger partial charge in [0.1, 0.15) is 4.21 Å². The monoisotopic (exact) mass is 468 g/mol. The van der Waals surface area contributed by atoms with Crippen LogP contribution >= 0.6 is 11.3 Å². The van der Waals surface area contributed by atoms with Crippen molar-refractivity contribution in [2.75, 3.05) is 47.5 Å². The number of carbonyl (C=O) groups is 1. The van der Waals surface area contributed by atoms with Gasteiger partial charge in [0.15, 0.2) is 11.5 Å². The van der Waals surface area contributed by atoms with Gasteiger partial charge < -0.3 is 19.1 Å². The molecular weight excluding hydrogens is 440 g/mol. The molecule has 1 fully saturated rings. The number of hydrogen-bond acceptors (Lipinski definition) is 7. The molecule has 0 bridgehead atoms. The van der Waals surface area contributed by atoms with Crippen molar-refractivity contribution in [3.63, 3.8) is 0 Å². The average Bonchev–Trinajstić information content (AvgIpc) is 3.23. The van der Waals surface area contributed by atoms with E-state index in [1.807, 2.05) is 19.1 Å². The maximum absolute atomic E-state index is 12.8. The molecule has 170 valence electrons. The van der Waals surface area contributed by atoms with Crippen LogP contribution in [0.15, 0.2) is 28.5 Å². The van der Waals surface area contributed by atoms with E-state index in [0.29, 0.717) is 60.5 Å². The molecule has 1 aliphatic heterocycles. The van der Waals surface area contributed by atoms with Crippen molar-refractivity contribution < 1.29 is 27.4 Å². The Bertz CT molecular complexity index is 1000. The molecule has 1 aromatic heterocycles. The minimum absolute atomic E-state index is 0.00207. The molecule has 0 radical (unpaired) electrons. The molecule has 1 saturated heterocycles. The molecule has 31 heavy (non-hydrogen) atoms. The van der Waals surface area contributed by atoms with Gasteiger partial charge in [-0.15, -0.1) is 11.3 Å². The lowest BCUT2D eigenvalue weighted by molar-refractivity contribution is -0.132. The number of methoxy groups -OCH3 is 3. The van der Waals surface area contributed by atoms with Gasteiger partial charge in [0, 0.05) is 37.5 Å². The molecule has 0 N–H and O–H groups in total. The third-order valence-corrected chi connectivity index (χ3v) is 8.62. The van der Waals surface area contributed by atoms with Crippen LogP contribution in [0.2, 0.25) is 0 Å². The molecule has 1 amide bonds. The van der Waals surface area contributed by atoms with Gasteiger partial charge in [0.25, 0.3) is 10.0 Å². The van der Waals surface area contributed by atoms with Crippen molar-refractivity contribution in [3.8, 4) is 17.2 Å². The van der Waals surface area contributed by atoms with Gasteiger partial charge in [0.05, 0.1) is 21.3 Å². The number of ether oxygens (including phenoxy) is 3. The number of thiophene rings is 1. The Balaban J connectivity index is 1.58. The van der Waals surface area contributed by atoms with Crippen LogP contribution < -0.4 is 14.2 Å². The van der Waals surface area contributed by atoms with Crippen LogP contribution in [0.1, 0.15) is 16.9 Å². The molecule has 0 aliphatic carbocycles. The van der Waals surface area contributed by atoms with Gasteiger partial charge in [-0.05, 0) is 43.2 Å². The first-order chi connectivity index (χ1) is 14.8. The summed E-state index contributed by atoms with van der Waals surface area (Å²) < 4.78 is 43.4. The van der Waals surface area contributed by atoms with Crippen molar-refractivity contribution in [1.82, 2.24) is 9.21 Å². The molecule has 0 spiro atoms. The largest absolute Gasteiger partial charge is 0.493 e. The van der Waals surface area contributed by atoms with E-state index in [4.69, 9.17) is 14.2 Å². The van der Waals surface area contributed by atoms with Gasteiger partial charge >= 0.3 is 0 Å². The van der Waals surface area contributed by atoms with Crippen molar-refractivity contribution in [2.24, 2.45) is 0 Å². The Hall–Kier alpha value is -2.30. The fourth-order valence-electron chi connectivity index (χ4n) is 3.54. The second-order valence-corrected chi connectivity index (χ2v) is 10.6. The molecule has 2 heterocycles. The van der Waals surface area contributed by atoms with Crippen LogP contribution in [0.25, 0.3) is 0 Å². The predicted octanol–water partition coefficient (Wildman–Crippen LogP) is 2.55. The van der Waals surface area contributed by atoms with E-state index in [1.165, 1.54) is 15.6 Å². The molecule has 3 rings (SSSR count). The normalized spacial score (nSPS) is 15.0. The number of aryl methyl sites for hydroxylation is 2. The number of piperazine rings is 1. The maximum Gasteiger partial charge on any atom is 0.252 e. The summed E-state index contributed by atoms with van der Waals surface area (Å²) in [6.45, 7) is 3.26. The van der Waals surface area contributed by atoms with E-state index in [0.717, 1.165) is 10.4 Å². The lowest BCUT2D eigenvalue weighted by Gasteiger charge is -2.33. The number of carbonyl (C=O) groups excluding carboxylic acids is 1. The second-order valence-electron chi connectivity index (χ2n) is 7.18. The van der Waals surface area contributed by atoms with Crippen LogP contribution in [0, 0.1) is 6.92 Å². The standard InChI is InChI=1S/C21H28N2O6S2/c1-15-5-8-20(30-15)31(25,26)23-11-9-22(10-12-23)19(24)7-6-16-13-17(27-2)21(29-4)18(14-16)28-3/h5,8,13-14H,6-7,9-12H2,1-4H3. The molecule has 0 saturated carbocycles. The molecule has 8 nitrogen and oxygen atoms in total. The quantitative estimate of drug-likeness (QED) is 0.592. The highest BCUT2D eigenvalue weighted by Gasteiger charge is 2.30. The van der Waals surface area contributed by atoms with E-state index in [-0.39, 0.29) is 5.91 Å². The highest BCUT2D eigenvalue weighted by atomic mass is 32.2. The Kier molecular flexibility index (Phi) is 7.45. The molecule has 0 unspecified atom stereocenters. The smallest absolute Gasteiger partial charge is 0.252 e. The number of amides is 1. The molecule has 2 aromatic rings. The number of benzene rings is 1. The van der Waals surface area contributed by atoms with Gasteiger partial charge in [-0.1, -0.05) is 0 Å². The Morgan fingerprint density at radius 2 is 1.61 bits per heavy atom. The van der Waals surface area contributed by atoms with Crippen molar-refractivity contribution in [1.29, 1.82) is 0 Å². The lowest BCUT2D eigenvalue weighted by atomic mass is 10.1. The maximum atomic E-state index is 12.8. The number of nitrogens with zero attached hydrogens (tertiary/aromatic N) is 2. The molecule has 1 aromatic carbocycles. The van der Waals surface area contributed by atoms with E-state index in [2.05, 4.69) is 0 Å². The summed E-state index contributed by atoms with van der Waals surface area (Å²) in [5.74, 6) is 1.61. The summed E-state index contributed by atoms with van der Waals surface area (Å²) in [6.07, 6.45) is 0.831. The zero-order valence-corrected chi connectivity index (χ0v) is 19.8. The zero-order chi connectivity index (χ0) is 22.6. The number of rotatable bonds is 8. The van der Waals surface area contributed by atoms with Crippen LogP contribution in [-0.4, -0.2) is 71.0 Å². The van der Waals surface area contributed by atoms with Crippen LogP contribution in [0.3, 0.4) is 0 Å². The van der Waals surface area contributed by atoms with Crippen LogP contribution in [0.4, 0.5) is 0 Å². The average molecular weight is 469 g/mol. The van der Waals surface area contributed by atoms with E-state index in [1.54, 1.807) is 38.4 Å². The summed E-state index contributed by atoms with van der Waals surface area (Å²) in [5.41, 5.74) is 0.900. The van der Waals surface area contributed by atoms with Crippen molar-refractivity contribution in [2.45, 2.75) is 24.0 Å². The summed E-state index contributed by atoms with van der Waals surface area (Å²) in [6, 6.07) is 7.12. The molecule has 0 atom stereocenters. The third-order valence-electron chi connectivity index (χ3n) is 5.25. The van der Waals surface area contributed by atoms with Crippen LogP contribution in [-0.2, 0) is 21.2 Å². The molecule has 10 heteroatoms. The SMILES string of the molecule is COc1cc(CCC(=O)N2CCN(S(=O)(=O)c3ccc(C)s3)CC2)cc(OC)c1OC. The highest BCUT2D eigenvalue weighted by Crippen LogP contribution is 2.38. The van der Waals surface area contributed by atoms with E-state index in [9.17, 15) is 13.2 Å². The molecular formula is C21H28N2O6S2. The van der Waals surface area contributed by atoms with E-state index < -0.39 is 10.0 Å². The van der Waals surface area contributed by atoms with Crippen molar-refractivity contribution in [3.05, 3.63) is 34.7 Å². The first kappa shape index (κ1) is 23.4. The topological polar surface area (TPSA) is 85.4 Å². The first-order valence-corrected chi connectivity index (χ1v) is 12.2. The van der Waals surface area contributed by atoms with Gasteiger partial charge in [-0.25, -0.2) is 8.42 Å². The number of sulfonamides is 1. The Morgan fingerprint density at radius 1 is 1.00 bits per heavy atom. The molecule has 1 aliphatic rings. The van der Waals surface area contributed by atoms with Crippen molar-refractivity contribution >= 4 is 27.3 Å². The van der Waals surface area contributed by atoms with Crippen LogP contribution in [0.5, 0.6) is 17.2 Å². The fraction of sp³-hybridized carbons (Fsp3) is 0.476. The van der Waals surface area contributed by atoms with Gasteiger partial charge in [0.2, 0.25) is 11.7 Å². The Morgan fingerprint density at radius 3 is 2.10 bits per heavy atom. The number of hydrogen-bond donors (Lipinski definition) is 0. The summed E-state index contributed by atoms with van der Waals surface area (Å²) in [7, 11) is 1.16. The summed E-state index contributed by atoms with van der Waals surface area (Å²) >= 11 is 1.27. The third kappa shape index (κ3) is 5.13. The summed E-state index contributed by atoms with van der Waals surface area (Å²) in [4.78, 5) is 15.4. The Labute approximate surface area is 187 Å². The zero-order valence-electron chi connectivity index (χ0n) is 18.2. The van der Waals surface area contributed by atoms with Gasteiger partial charge in [-0.3, -0.25) is 4.79 Å². The van der Waals surface area contributed by atoms with E-state index >= 15 is 0 Å². The minimum Gasteiger partial charge on any atom is -0.493 e. The summed E-state index contributed by atoms with van der Waals surface area (Å²) in [5, 5.41) is 0. The predicted molar refractivity (Wildman–Crippen MR) is 119 cm³/mol. The highest BCUT2D eigenvalue weighted by molar-refractivity contribution is 7.91.